The van der Waals surface area contributed by atoms with Gasteiger partial charge in [0.2, 0.25) is 0 Å². The minimum absolute atomic E-state index is 0.0523. The highest BCUT2D eigenvalue weighted by Gasteiger charge is 2.19. The van der Waals surface area contributed by atoms with Gasteiger partial charge in [0, 0.05) is 18.0 Å². The van der Waals surface area contributed by atoms with Crippen molar-refractivity contribution in [1.82, 2.24) is 5.32 Å². The molecule has 0 aliphatic rings. The van der Waals surface area contributed by atoms with Crippen LogP contribution in [0.4, 0.5) is 9.18 Å². The van der Waals surface area contributed by atoms with E-state index in [1.807, 2.05) is 0 Å². The number of ether oxygens (including phenoxy) is 1. The summed E-state index contributed by atoms with van der Waals surface area (Å²) in [6, 6.07) is 4.13. The molecule has 0 spiro atoms. The first-order valence-corrected chi connectivity index (χ1v) is 7.37. The van der Waals surface area contributed by atoms with Gasteiger partial charge in [-0.1, -0.05) is 6.92 Å². The third-order valence-corrected chi connectivity index (χ3v) is 3.15. The fraction of sp³-hybridized carbons (Fsp3) is 0.529. The number of ketones is 1. The van der Waals surface area contributed by atoms with Crippen LogP contribution in [-0.4, -0.2) is 24.0 Å². The summed E-state index contributed by atoms with van der Waals surface area (Å²) < 4.78 is 18.2. The van der Waals surface area contributed by atoms with Crippen molar-refractivity contribution in [3.05, 3.63) is 35.1 Å². The summed E-state index contributed by atoms with van der Waals surface area (Å²) >= 11 is 0. The summed E-state index contributed by atoms with van der Waals surface area (Å²) in [5, 5.41) is 2.63. The number of hydrogen-bond donors (Lipinski definition) is 1. The van der Waals surface area contributed by atoms with Crippen LogP contribution < -0.4 is 5.32 Å². The molecule has 4 nitrogen and oxygen atoms in total. The molecule has 22 heavy (non-hydrogen) atoms. The molecule has 1 N–H and O–H groups in total. The molecule has 122 valence electrons. The summed E-state index contributed by atoms with van der Waals surface area (Å²) in [6.07, 6.45) is -0.000334. The highest BCUT2D eigenvalue weighted by molar-refractivity contribution is 5.98. The lowest BCUT2D eigenvalue weighted by molar-refractivity contribution is 0.0523. The summed E-state index contributed by atoms with van der Waals surface area (Å²) in [7, 11) is 0. The number of hydrogen-bond acceptors (Lipinski definition) is 3. The number of aryl methyl sites for hydroxylation is 1. The fourth-order valence-electron chi connectivity index (χ4n) is 2.01. The largest absolute Gasteiger partial charge is 0.444 e. The maximum atomic E-state index is 13.1. The van der Waals surface area contributed by atoms with E-state index in [-0.39, 0.29) is 17.5 Å². The zero-order valence-corrected chi connectivity index (χ0v) is 13.8. The van der Waals surface area contributed by atoms with E-state index in [4.69, 9.17) is 4.74 Å². The van der Waals surface area contributed by atoms with E-state index >= 15 is 0 Å². The molecule has 0 bridgehead atoms. The average Bonchev–Trinajstić information content (AvgIpc) is 2.35. The van der Waals surface area contributed by atoms with Crippen LogP contribution in [0.2, 0.25) is 0 Å². The standard InChI is InChI=1S/C17H24FNO3/c1-11(8-9-19-16(21)22-17(3,4)5)15(20)14-7-6-13(18)10-12(14)2/h6-7,10-11H,8-9H2,1-5H3,(H,19,21). The van der Waals surface area contributed by atoms with Crippen molar-refractivity contribution in [2.75, 3.05) is 6.54 Å². The Kier molecular flexibility index (Phi) is 6.09. The second kappa shape index (κ2) is 7.38. The number of halogens is 1. The molecular weight excluding hydrogens is 285 g/mol. The van der Waals surface area contributed by atoms with Crippen LogP contribution in [0.25, 0.3) is 0 Å². The molecule has 0 saturated heterocycles. The Balaban J connectivity index is 2.50. The van der Waals surface area contributed by atoms with Crippen LogP contribution in [0.1, 0.15) is 50.0 Å². The normalized spacial score (nSPS) is 12.6. The zero-order chi connectivity index (χ0) is 16.9. The van der Waals surface area contributed by atoms with Gasteiger partial charge in [-0.15, -0.1) is 0 Å². The van der Waals surface area contributed by atoms with Crippen molar-refractivity contribution in [3.63, 3.8) is 0 Å². The van der Waals surface area contributed by atoms with Crippen molar-refractivity contribution < 1.29 is 18.7 Å². The van der Waals surface area contributed by atoms with Crippen LogP contribution in [-0.2, 0) is 4.74 Å². The molecule has 1 rings (SSSR count). The maximum Gasteiger partial charge on any atom is 0.407 e. The predicted molar refractivity (Wildman–Crippen MR) is 83.5 cm³/mol. The maximum absolute atomic E-state index is 13.1. The second-order valence-corrected chi connectivity index (χ2v) is 6.44. The average molecular weight is 309 g/mol. The Morgan fingerprint density at radius 3 is 2.50 bits per heavy atom. The number of nitrogens with one attached hydrogen (secondary N) is 1. The Hall–Kier alpha value is -1.91. The number of rotatable bonds is 5. The lowest BCUT2D eigenvalue weighted by Crippen LogP contribution is -2.33. The molecule has 0 aromatic heterocycles. The van der Waals surface area contributed by atoms with E-state index in [2.05, 4.69) is 5.32 Å². The van der Waals surface area contributed by atoms with E-state index < -0.39 is 11.7 Å². The summed E-state index contributed by atoms with van der Waals surface area (Å²) in [5.41, 5.74) is 0.597. The second-order valence-electron chi connectivity index (χ2n) is 6.44. The molecule has 1 unspecified atom stereocenters. The van der Waals surface area contributed by atoms with Gasteiger partial charge in [-0.25, -0.2) is 9.18 Å². The van der Waals surface area contributed by atoms with E-state index in [1.165, 1.54) is 18.2 Å². The summed E-state index contributed by atoms with van der Waals surface area (Å²) in [5.74, 6) is -0.670. The number of carbonyl (C=O) groups excluding carboxylic acids is 2. The zero-order valence-electron chi connectivity index (χ0n) is 13.8. The van der Waals surface area contributed by atoms with Gasteiger partial charge in [0.15, 0.2) is 5.78 Å². The number of amides is 1. The molecule has 0 fully saturated rings. The minimum Gasteiger partial charge on any atom is -0.444 e. The van der Waals surface area contributed by atoms with Gasteiger partial charge in [-0.05, 0) is 57.9 Å². The van der Waals surface area contributed by atoms with Gasteiger partial charge >= 0.3 is 6.09 Å². The van der Waals surface area contributed by atoms with Crippen LogP contribution in [0, 0.1) is 18.7 Å². The highest BCUT2D eigenvalue weighted by Crippen LogP contribution is 2.17. The van der Waals surface area contributed by atoms with Crippen molar-refractivity contribution in [2.24, 2.45) is 5.92 Å². The topological polar surface area (TPSA) is 55.4 Å². The van der Waals surface area contributed by atoms with Crippen LogP contribution in [0.5, 0.6) is 0 Å². The third kappa shape index (κ3) is 5.84. The molecule has 5 heteroatoms. The van der Waals surface area contributed by atoms with E-state index in [0.29, 0.717) is 24.1 Å². The van der Waals surface area contributed by atoms with Crippen molar-refractivity contribution >= 4 is 11.9 Å². The van der Waals surface area contributed by atoms with E-state index in [1.54, 1.807) is 34.6 Å². The van der Waals surface area contributed by atoms with E-state index in [0.717, 1.165) is 0 Å². The Bertz CT molecular complexity index is 549. The van der Waals surface area contributed by atoms with Gasteiger partial charge < -0.3 is 10.1 Å². The van der Waals surface area contributed by atoms with Gasteiger partial charge in [0.25, 0.3) is 0 Å². The number of benzene rings is 1. The molecule has 1 amide bonds. The molecule has 1 aromatic carbocycles. The van der Waals surface area contributed by atoms with Crippen molar-refractivity contribution in [1.29, 1.82) is 0 Å². The molecule has 0 aliphatic heterocycles. The number of carbonyl (C=O) groups is 2. The van der Waals surface area contributed by atoms with Crippen LogP contribution >= 0.6 is 0 Å². The summed E-state index contributed by atoms with van der Waals surface area (Å²) in [4.78, 5) is 23.8. The molecular formula is C17H24FNO3. The van der Waals surface area contributed by atoms with Crippen LogP contribution in [0.3, 0.4) is 0 Å². The molecule has 1 atom stereocenters. The van der Waals surface area contributed by atoms with Crippen molar-refractivity contribution in [3.8, 4) is 0 Å². The van der Waals surface area contributed by atoms with Gasteiger partial charge in [0.05, 0.1) is 0 Å². The summed E-state index contributed by atoms with van der Waals surface area (Å²) in [6.45, 7) is 9.22. The molecule has 0 radical (unpaired) electrons. The van der Waals surface area contributed by atoms with Gasteiger partial charge in [-0.3, -0.25) is 4.79 Å². The smallest absolute Gasteiger partial charge is 0.407 e. The molecule has 0 saturated carbocycles. The number of alkyl carbamates (subject to hydrolysis) is 1. The first-order chi connectivity index (χ1) is 10.1. The first-order valence-electron chi connectivity index (χ1n) is 7.37. The molecule has 0 aliphatic carbocycles. The monoisotopic (exact) mass is 309 g/mol. The van der Waals surface area contributed by atoms with Gasteiger partial charge in [-0.2, -0.15) is 0 Å². The lowest BCUT2D eigenvalue weighted by Gasteiger charge is -2.20. The molecule has 1 aromatic rings. The molecule has 0 heterocycles. The Labute approximate surface area is 131 Å². The fourth-order valence-corrected chi connectivity index (χ4v) is 2.01. The quantitative estimate of drug-likeness (QED) is 0.840. The predicted octanol–water partition coefficient (Wildman–Crippen LogP) is 3.87. The van der Waals surface area contributed by atoms with E-state index in [9.17, 15) is 14.0 Å². The van der Waals surface area contributed by atoms with Crippen molar-refractivity contribution in [2.45, 2.75) is 46.6 Å². The third-order valence-electron chi connectivity index (χ3n) is 3.15. The Morgan fingerprint density at radius 1 is 1.32 bits per heavy atom. The van der Waals surface area contributed by atoms with Gasteiger partial charge in [0.1, 0.15) is 11.4 Å². The number of Topliss-reactive ketones (excluding diaryl/α,β-unsaturated/α-hetero) is 1. The SMILES string of the molecule is Cc1cc(F)ccc1C(=O)C(C)CCNC(=O)OC(C)(C)C. The lowest BCUT2D eigenvalue weighted by atomic mass is 9.93. The highest BCUT2D eigenvalue weighted by atomic mass is 19.1. The minimum atomic E-state index is -0.545. The van der Waals surface area contributed by atoms with Crippen LogP contribution in [0.15, 0.2) is 18.2 Å². The first kappa shape index (κ1) is 18.1. The Morgan fingerprint density at radius 2 is 1.95 bits per heavy atom.